The lowest BCUT2D eigenvalue weighted by Gasteiger charge is -2.10. The first-order valence-corrected chi connectivity index (χ1v) is 10.3. The van der Waals surface area contributed by atoms with Gasteiger partial charge in [-0.1, -0.05) is 6.92 Å². The predicted molar refractivity (Wildman–Crippen MR) is 118 cm³/mol. The highest BCUT2D eigenvalue weighted by molar-refractivity contribution is 5.98. The van der Waals surface area contributed by atoms with Crippen molar-refractivity contribution in [3.05, 3.63) is 63.7 Å². The first kappa shape index (κ1) is 20.6. The Balaban J connectivity index is 1.48. The number of hydrogen-bond donors (Lipinski definition) is 1. The van der Waals surface area contributed by atoms with Gasteiger partial charge in [0.2, 0.25) is 0 Å². The molecule has 160 valence electrons. The summed E-state index contributed by atoms with van der Waals surface area (Å²) in [5.41, 5.74) is 4.13. The van der Waals surface area contributed by atoms with E-state index in [2.05, 4.69) is 15.5 Å². The normalized spacial score (nSPS) is 12.8. The third-order valence-corrected chi connectivity index (χ3v) is 5.11. The van der Waals surface area contributed by atoms with Crippen molar-refractivity contribution in [2.75, 3.05) is 13.7 Å². The smallest absolute Gasteiger partial charge is 0.271 e. The summed E-state index contributed by atoms with van der Waals surface area (Å²) in [7, 11) is 1.58. The van der Waals surface area contributed by atoms with Crippen LogP contribution in [-0.2, 0) is 13.0 Å². The fraction of sp³-hybridized carbons (Fsp3) is 0.304. The Morgan fingerprint density at radius 2 is 2.13 bits per heavy atom. The predicted octanol–water partition coefficient (Wildman–Crippen LogP) is 2.90. The summed E-state index contributed by atoms with van der Waals surface area (Å²) in [5.74, 6) is 1.66. The maximum absolute atomic E-state index is 12.5. The van der Waals surface area contributed by atoms with Gasteiger partial charge in [-0.05, 0) is 54.8 Å². The van der Waals surface area contributed by atoms with Crippen LogP contribution >= 0.6 is 0 Å². The standard InChI is InChI=1S/C23H24N4O4/c1-3-11-31-19-9-6-15(12-20(19)30-2)14-24-26-22(28)16-7-8-17-18(13-16)25-21-5-4-10-27(21)23(17)29/h6-9,12-14H,3-5,10-11H2,1-2H3,(H,26,28)/b24-14-. The molecule has 0 saturated heterocycles. The maximum atomic E-state index is 12.5. The number of carbonyl (C=O) groups excluding carboxylic acids is 1. The van der Waals surface area contributed by atoms with Gasteiger partial charge in [0.05, 0.1) is 30.8 Å². The molecule has 0 fully saturated rings. The van der Waals surface area contributed by atoms with Crippen LogP contribution in [0.2, 0.25) is 0 Å². The van der Waals surface area contributed by atoms with Crippen LogP contribution in [0.25, 0.3) is 10.9 Å². The largest absolute Gasteiger partial charge is 0.493 e. The molecule has 0 radical (unpaired) electrons. The van der Waals surface area contributed by atoms with E-state index in [0.29, 0.717) is 41.1 Å². The number of carbonyl (C=O) groups is 1. The lowest BCUT2D eigenvalue weighted by molar-refractivity contribution is 0.0955. The number of aryl methyl sites for hydroxylation is 1. The summed E-state index contributed by atoms with van der Waals surface area (Å²) in [5, 5.41) is 4.55. The van der Waals surface area contributed by atoms with Crippen LogP contribution in [0.3, 0.4) is 0 Å². The first-order chi connectivity index (χ1) is 15.1. The third-order valence-electron chi connectivity index (χ3n) is 5.11. The van der Waals surface area contributed by atoms with Gasteiger partial charge in [0.15, 0.2) is 11.5 Å². The van der Waals surface area contributed by atoms with Crippen LogP contribution in [0.5, 0.6) is 11.5 Å². The molecule has 1 N–H and O–H groups in total. The third kappa shape index (κ3) is 4.28. The van der Waals surface area contributed by atoms with E-state index in [0.717, 1.165) is 30.7 Å². The zero-order chi connectivity index (χ0) is 21.8. The molecule has 0 atom stereocenters. The summed E-state index contributed by atoms with van der Waals surface area (Å²) in [4.78, 5) is 29.6. The van der Waals surface area contributed by atoms with Gasteiger partial charge in [0.1, 0.15) is 5.82 Å². The van der Waals surface area contributed by atoms with Crippen molar-refractivity contribution in [3.8, 4) is 11.5 Å². The number of aromatic nitrogens is 2. The molecule has 2 heterocycles. The Bertz CT molecular complexity index is 1220. The second-order valence-electron chi connectivity index (χ2n) is 7.28. The Kier molecular flexibility index (Phi) is 5.97. The number of rotatable bonds is 7. The number of ether oxygens (including phenoxy) is 2. The molecule has 0 unspecified atom stereocenters. The summed E-state index contributed by atoms with van der Waals surface area (Å²) in [6, 6.07) is 10.3. The van der Waals surface area contributed by atoms with Crippen molar-refractivity contribution in [2.24, 2.45) is 5.10 Å². The van der Waals surface area contributed by atoms with E-state index in [-0.39, 0.29) is 11.5 Å². The van der Waals surface area contributed by atoms with Gasteiger partial charge < -0.3 is 9.47 Å². The highest BCUT2D eigenvalue weighted by Crippen LogP contribution is 2.27. The van der Waals surface area contributed by atoms with Gasteiger partial charge in [0, 0.05) is 18.5 Å². The molecule has 0 spiro atoms. The SMILES string of the molecule is CCCOc1ccc(/C=N\NC(=O)c2ccc3c(=O)n4c(nc3c2)CCC4)cc1OC. The van der Waals surface area contributed by atoms with E-state index in [9.17, 15) is 9.59 Å². The van der Waals surface area contributed by atoms with E-state index < -0.39 is 0 Å². The number of nitrogens with one attached hydrogen (secondary N) is 1. The molecule has 0 bridgehead atoms. The van der Waals surface area contributed by atoms with Gasteiger partial charge in [-0.2, -0.15) is 5.10 Å². The van der Waals surface area contributed by atoms with Gasteiger partial charge in [0.25, 0.3) is 11.5 Å². The van der Waals surface area contributed by atoms with Crippen LogP contribution in [0.4, 0.5) is 0 Å². The number of amides is 1. The zero-order valence-electron chi connectivity index (χ0n) is 17.6. The monoisotopic (exact) mass is 420 g/mol. The molecule has 1 aromatic heterocycles. The molecule has 0 aliphatic carbocycles. The lowest BCUT2D eigenvalue weighted by Crippen LogP contribution is -2.22. The number of hydrogen-bond acceptors (Lipinski definition) is 6. The lowest BCUT2D eigenvalue weighted by atomic mass is 10.1. The van der Waals surface area contributed by atoms with Crippen LogP contribution in [0.1, 0.15) is 41.5 Å². The minimum Gasteiger partial charge on any atom is -0.493 e. The molecule has 1 aliphatic rings. The van der Waals surface area contributed by atoms with Crippen molar-refractivity contribution in [1.82, 2.24) is 15.0 Å². The van der Waals surface area contributed by atoms with Crippen LogP contribution in [0.15, 0.2) is 46.3 Å². The summed E-state index contributed by atoms with van der Waals surface area (Å²) >= 11 is 0. The average molecular weight is 420 g/mol. The molecular formula is C23H24N4O4. The molecule has 8 nitrogen and oxygen atoms in total. The number of benzene rings is 2. The molecular weight excluding hydrogens is 396 g/mol. The first-order valence-electron chi connectivity index (χ1n) is 10.3. The topological polar surface area (TPSA) is 94.8 Å². The quantitative estimate of drug-likeness (QED) is 0.468. The van der Waals surface area contributed by atoms with Crippen molar-refractivity contribution >= 4 is 23.0 Å². The van der Waals surface area contributed by atoms with Crippen LogP contribution in [-0.4, -0.2) is 35.4 Å². The van der Waals surface area contributed by atoms with Crippen molar-refractivity contribution < 1.29 is 14.3 Å². The number of hydrazone groups is 1. The Hall–Kier alpha value is -3.68. The highest BCUT2D eigenvalue weighted by atomic mass is 16.5. The Labute approximate surface area is 179 Å². The minimum atomic E-state index is -0.379. The van der Waals surface area contributed by atoms with Crippen molar-refractivity contribution in [2.45, 2.75) is 32.7 Å². The summed E-state index contributed by atoms with van der Waals surface area (Å²) in [6.45, 7) is 3.34. The van der Waals surface area contributed by atoms with Gasteiger partial charge in [-0.25, -0.2) is 10.4 Å². The molecule has 4 rings (SSSR count). The fourth-order valence-corrected chi connectivity index (χ4v) is 3.55. The van der Waals surface area contributed by atoms with E-state index in [1.54, 1.807) is 35.9 Å². The second kappa shape index (κ2) is 8.99. The van der Waals surface area contributed by atoms with Crippen LogP contribution < -0.4 is 20.5 Å². The Morgan fingerprint density at radius 3 is 2.94 bits per heavy atom. The van der Waals surface area contributed by atoms with Crippen molar-refractivity contribution in [3.63, 3.8) is 0 Å². The highest BCUT2D eigenvalue weighted by Gasteiger charge is 2.17. The molecule has 31 heavy (non-hydrogen) atoms. The summed E-state index contributed by atoms with van der Waals surface area (Å²) < 4.78 is 12.7. The second-order valence-corrected chi connectivity index (χ2v) is 7.28. The average Bonchev–Trinajstić information content (AvgIpc) is 3.26. The molecule has 1 aliphatic heterocycles. The van der Waals surface area contributed by atoms with E-state index in [1.165, 1.54) is 6.21 Å². The molecule has 2 aromatic carbocycles. The minimum absolute atomic E-state index is 0.0530. The van der Waals surface area contributed by atoms with Gasteiger partial charge in [-0.3, -0.25) is 14.2 Å². The molecule has 3 aromatic rings. The van der Waals surface area contributed by atoms with E-state index in [4.69, 9.17) is 9.47 Å². The van der Waals surface area contributed by atoms with Gasteiger partial charge >= 0.3 is 0 Å². The van der Waals surface area contributed by atoms with E-state index >= 15 is 0 Å². The van der Waals surface area contributed by atoms with Crippen molar-refractivity contribution in [1.29, 1.82) is 0 Å². The summed E-state index contributed by atoms with van der Waals surface area (Å²) in [6.07, 6.45) is 4.12. The van der Waals surface area contributed by atoms with E-state index in [1.807, 2.05) is 19.1 Å². The number of fused-ring (bicyclic) bond motifs is 2. The van der Waals surface area contributed by atoms with Crippen LogP contribution in [0, 0.1) is 0 Å². The number of methoxy groups -OCH3 is 1. The number of nitrogens with zero attached hydrogens (tertiary/aromatic N) is 3. The van der Waals surface area contributed by atoms with Gasteiger partial charge in [-0.15, -0.1) is 0 Å². The Morgan fingerprint density at radius 1 is 1.26 bits per heavy atom. The maximum Gasteiger partial charge on any atom is 0.271 e. The molecule has 1 amide bonds. The molecule has 0 saturated carbocycles. The molecule has 8 heteroatoms. The fourth-order valence-electron chi connectivity index (χ4n) is 3.55. The zero-order valence-corrected chi connectivity index (χ0v) is 17.6.